The Labute approximate surface area is 114 Å². The molecule has 4 nitrogen and oxygen atoms in total. The molecule has 0 aliphatic heterocycles. The second-order valence-corrected chi connectivity index (χ2v) is 4.26. The van der Waals surface area contributed by atoms with E-state index in [0.717, 1.165) is 5.56 Å². The maximum atomic E-state index is 13.6. The molecule has 0 atom stereocenters. The monoisotopic (exact) mass is 270 g/mol. The smallest absolute Gasteiger partial charge is 0.261 e. The van der Waals surface area contributed by atoms with Crippen LogP contribution in [0.25, 0.3) is 22.8 Å². The van der Waals surface area contributed by atoms with Crippen molar-refractivity contribution in [1.82, 2.24) is 10.1 Å². The standard InChI is InChI=1S/C15H11FN2O2/c16-13-7-2-1-6-12(13)15-17-14(18-20-15)11-5-3-4-10(8-11)9-19/h1-8,19H,9H2. The van der Waals surface area contributed by atoms with Gasteiger partial charge in [0.25, 0.3) is 5.89 Å². The molecule has 0 saturated heterocycles. The van der Waals surface area contributed by atoms with Crippen LogP contribution in [0.2, 0.25) is 0 Å². The minimum absolute atomic E-state index is 0.0636. The summed E-state index contributed by atoms with van der Waals surface area (Å²) in [5.74, 6) is 0.0814. The van der Waals surface area contributed by atoms with Gasteiger partial charge < -0.3 is 9.63 Å². The van der Waals surface area contributed by atoms with Gasteiger partial charge in [-0.3, -0.25) is 0 Å². The zero-order chi connectivity index (χ0) is 13.9. The van der Waals surface area contributed by atoms with Crippen molar-refractivity contribution >= 4 is 0 Å². The van der Waals surface area contributed by atoms with Crippen molar-refractivity contribution in [2.45, 2.75) is 6.61 Å². The number of aliphatic hydroxyl groups is 1. The van der Waals surface area contributed by atoms with Gasteiger partial charge in [-0.2, -0.15) is 4.98 Å². The van der Waals surface area contributed by atoms with Crippen LogP contribution in [0.4, 0.5) is 4.39 Å². The van der Waals surface area contributed by atoms with E-state index in [1.165, 1.54) is 6.07 Å². The van der Waals surface area contributed by atoms with E-state index in [1.54, 1.807) is 42.5 Å². The number of aromatic nitrogens is 2. The van der Waals surface area contributed by atoms with E-state index in [1.807, 2.05) is 0 Å². The van der Waals surface area contributed by atoms with Crippen molar-refractivity contribution in [1.29, 1.82) is 0 Å². The first-order valence-corrected chi connectivity index (χ1v) is 6.06. The molecule has 1 aromatic heterocycles. The third-order valence-corrected chi connectivity index (χ3v) is 2.90. The lowest BCUT2D eigenvalue weighted by Crippen LogP contribution is -1.86. The second-order valence-electron chi connectivity index (χ2n) is 4.26. The van der Waals surface area contributed by atoms with E-state index in [-0.39, 0.29) is 18.1 Å². The maximum Gasteiger partial charge on any atom is 0.261 e. The Bertz CT molecular complexity index is 740. The van der Waals surface area contributed by atoms with Gasteiger partial charge in [0.1, 0.15) is 5.82 Å². The first-order chi connectivity index (χ1) is 9.78. The summed E-state index contributed by atoms with van der Waals surface area (Å²) in [4.78, 5) is 4.19. The lowest BCUT2D eigenvalue weighted by molar-refractivity contribution is 0.282. The minimum atomic E-state index is -0.410. The fourth-order valence-corrected chi connectivity index (χ4v) is 1.89. The molecule has 2 aromatic carbocycles. The number of hydrogen-bond donors (Lipinski definition) is 1. The molecule has 0 radical (unpaired) electrons. The van der Waals surface area contributed by atoms with E-state index in [4.69, 9.17) is 9.63 Å². The lowest BCUT2D eigenvalue weighted by atomic mass is 10.1. The molecule has 5 heteroatoms. The molecule has 0 amide bonds. The van der Waals surface area contributed by atoms with Crippen LogP contribution in [-0.2, 0) is 6.61 Å². The fraction of sp³-hybridized carbons (Fsp3) is 0.0667. The quantitative estimate of drug-likeness (QED) is 0.794. The predicted molar refractivity (Wildman–Crippen MR) is 71.1 cm³/mol. The van der Waals surface area contributed by atoms with Gasteiger partial charge in [0.05, 0.1) is 12.2 Å². The fourth-order valence-electron chi connectivity index (χ4n) is 1.89. The van der Waals surface area contributed by atoms with Gasteiger partial charge in [-0.05, 0) is 23.8 Å². The summed E-state index contributed by atoms with van der Waals surface area (Å²) >= 11 is 0. The van der Waals surface area contributed by atoms with E-state index in [2.05, 4.69) is 10.1 Å². The van der Waals surface area contributed by atoms with Crippen LogP contribution in [0.5, 0.6) is 0 Å². The van der Waals surface area contributed by atoms with E-state index in [9.17, 15) is 4.39 Å². The Balaban J connectivity index is 2.00. The van der Waals surface area contributed by atoms with Gasteiger partial charge in [0.2, 0.25) is 5.82 Å². The molecule has 0 unspecified atom stereocenters. The van der Waals surface area contributed by atoms with Crippen LogP contribution in [0, 0.1) is 5.82 Å². The van der Waals surface area contributed by atoms with Gasteiger partial charge in [-0.15, -0.1) is 0 Å². The number of nitrogens with zero attached hydrogens (tertiary/aromatic N) is 2. The molecule has 100 valence electrons. The summed E-state index contributed by atoms with van der Waals surface area (Å²) in [6.45, 7) is -0.0636. The van der Waals surface area contributed by atoms with Crippen molar-refractivity contribution in [3.05, 3.63) is 59.9 Å². The number of halogens is 1. The highest BCUT2D eigenvalue weighted by molar-refractivity contribution is 5.60. The maximum absolute atomic E-state index is 13.6. The molecule has 0 spiro atoms. The summed E-state index contributed by atoms with van der Waals surface area (Å²) in [5.41, 5.74) is 1.73. The van der Waals surface area contributed by atoms with Crippen LogP contribution < -0.4 is 0 Å². The van der Waals surface area contributed by atoms with Crippen LogP contribution in [0.1, 0.15) is 5.56 Å². The average Bonchev–Trinajstić information content (AvgIpc) is 2.97. The summed E-state index contributed by atoms with van der Waals surface area (Å²) in [7, 11) is 0. The number of aliphatic hydroxyl groups excluding tert-OH is 1. The van der Waals surface area contributed by atoms with Crippen molar-refractivity contribution in [2.24, 2.45) is 0 Å². The van der Waals surface area contributed by atoms with Crippen LogP contribution >= 0.6 is 0 Å². The van der Waals surface area contributed by atoms with Crippen molar-refractivity contribution in [2.75, 3.05) is 0 Å². The molecule has 0 fully saturated rings. The molecule has 1 heterocycles. The van der Waals surface area contributed by atoms with Crippen molar-refractivity contribution in [3.8, 4) is 22.8 Å². The second kappa shape index (κ2) is 5.22. The molecule has 0 aliphatic rings. The molecular formula is C15H11FN2O2. The predicted octanol–water partition coefficient (Wildman–Crippen LogP) is 3.04. The molecule has 3 aromatic rings. The van der Waals surface area contributed by atoms with Gasteiger partial charge in [0.15, 0.2) is 0 Å². The molecule has 1 N–H and O–H groups in total. The summed E-state index contributed by atoms with van der Waals surface area (Å²) in [5, 5.41) is 13.0. The van der Waals surface area contributed by atoms with Crippen LogP contribution in [0.3, 0.4) is 0 Å². The van der Waals surface area contributed by atoms with Gasteiger partial charge in [-0.1, -0.05) is 35.5 Å². The molecule has 0 bridgehead atoms. The third kappa shape index (κ3) is 2.31. The number of hydrogen-bond acceptors (Lipinski definition) is 4. The Morgan fingerprint density at radius 1 is 1.10 bits per heavy atom. The molecule has 0 saturated carbocycles. The number of rotatable bonds is 3. The van der Waals surface area contributed by atoms with E-state index < -0.39 is 5.82 Å². The minimum Gasteiger partial charge on any atom is -0.392 e. The largest absolute Gasteiger partial charge is 0.392 e. The zero-order valence-corrected chi connectivity index (χ0v) is 10.5. The Hall–Kier alpha value is -2.53. The number of benzene rings is 2. The van der Waals surface area contributed by atoms with Crippen molar-refractivity contribution < 1.29 is 14.0 Å². The van der Waals surface area contributed by atoms with E-state index >= 15 is 0 Å². The van der Waals surface area contributed by atoms with Gasteiger partial charge in [-0.25, -0.2) is 4.39 Å². The molecule has 3 rings (SSSR count). The average molecular weight is 270 g/mol. The van der Waals surface area contributed by atoms with Crippen molar-refractivity contribution in [3.63, 3.8) is 0 Å². The molecule has 20 heavy (non-hydrogen) atoms. The van der Waals surface area contributed by atoms with Gasteiger partial charge in [0, 0.05) is 5.56 Å². The highest BCUT2D eigenvalue weighted by atomic mass is 19.1. The Morgan fingerprint density at radius 3 is 2.75 bits per heavy atom. The Morgan fingerprint density at radius 2 is 1.95 bits per heavy atom. The zero-order valence-electron chi connectivity index (χ0n) is 10.5. The molecule has 0 aliphatic carbocycles. The summed E-state index contributed by atoms with van der Waals surface area (Å²) < 4.78 is 18.7. The first kappa shape index (κ1) is 12.5. The highest BCUT2D eigenvalue weighted by Crippen LogP contribution is 2.24. The van der Waals surface area contributed by atoms with Crippen LogP contribution in [-0.4, -0.2) is 15.2 Å². The van der Waals surface area contributed by atoms with E-state index in [0.29, 0.717) is 11.4 Å². The van der Waals surface area contributed by atoms with Gasteiger partial charge >= 0.3 is 0 Å². The topological polar surface area (TPSA) is 59.2 Å². The SMILES string of the molecule is OCc1cccc(-c2noc(-c3ccccc3F)n2)c1. The van der Waals surface area contributed by atoms with Crippen LogP contribution in [0.15, 0.2) is 53.1 Å². The normalized spacial score (nSPS) is 10.7. The lowest BCUT2D eigenvalue weighted by Gasteiger charge is -1.98. The third-order valence-electron chi connectivity index (χ3n) is 2.90. The Kier molecular flexibility index (Phi) is 3.26. The first-order valence-electron chi connectivity index (χ1n) is 6.06. The highest BCUT2D eigenvalue weighted by Gasteiger charge is 2.13. The summed E-state index contributed by atoms with van der Waals surface area (Å²) in [6, 6.07) is 13.4. The summed E-state index contributed by atoms with van der Waals surface area (Å²) in [6.07, 6.45) is 0. The molecular weight excluding hydrogens is 259 g/mol.